The van der Waals surface area contributed by atoms with Crippen LogP contribution in [-0.4, -0.2) is 38.3 Å². The van der Waals surface area contributed by atoms with Crippen LogP contribution in [0.2, 0.25) is 0 Å². The molecule has 0 fully saturated rings. The zero-order valence-corrected chi connectivity index (χ0v) is 14.2. The van der Waals surface area contributed by atoms with Crippen molar-refractivity contribution in [3.05, 3.63) is 24.0 Å². The van der Waals surface area contributed by atoms with Gasteiger partial charge in [-0.05, 0) is 37.9 Å². The molecule has 0 radical (unpaired) electrons. The minimum atomic E-state index is 0.302. The lowest BCUT2D eigenvalue weighted by molar-refractivity contribution is 0.204. The number of hydrogen-bond acceptors (Lipinski definition) is 4. The molecule has 1 N–H and O–H groups in total. The highest BCUT2D eigenvalue weighted by atomic mass is 16.5. The second-order valence-electron chi connectivity index (χ2n) is 5.95. The van der Waals surface area contributed by atoms with Gasteiger partial charge in [-0.1, -0.05) is 20.8 Å². The Hall–Kier alpha value is -1.13. The topological polar surface area (TPSA) is 37.4 Å². The van der Waals surface area contributed by atoms with E-state index in [1.807, 2.05) is 6.20 Å². The highest BCUT2D eigenvalue weighted by Crippen LogP contribution is 2.17. The van der Waals surface area contributed by atoms with E-state index in [4.69, 9.17) is 4.74 Å². The van der Waals surface area contributed by atoms with Gasteiger partial charge in [0, 0.05) is 26.2 Å². The van der Waals surface area contributed by atoms with Crippen LogP contribution < -0.4 is 10.2 Å². The van der Waals surface area contributed by atoms with Crippen molar-refractivity contribution in [3.8, 4) is 0 Å². The second kappa shape index (κ2) is 9.74. The van der Waals surface area contributed by atoms with E-state index in [-0.39, 0.29) is 0 Å². The predicted molar refractivity (Wildman–Crippen MR) is 89.9 cm³/mol. The van der Waals surface area contributed by atoms with Gasteiger partial charge in [0.05, 0.1) is 24.2 Å². The Morgan fingerprint density at radius 1 is 1.29 bits per heavy atom. The number of hydrogen-bond donors (Lipinski definition) is 1. The number of pyridine rings is 1. The van der Waals surface area contributed by atoms with Crippen LogP contribution >= 0.6 is 0 Å². The van der Waals surface area contributed by atoms with E-state index >= 15 is 0 Å². The third kappa shape index (κ3) is 6.44. The number of methoxy groups -OCH3 is 1. The highest BCUT2D eigenvalue weighted by molar-refractivity contribution is 5.44. The lowest BCUT2D eigenvalue weighted by Crippen LogP contribution is -2.31. The van der Waals surface area contributed by atoms with Crippen molar-refractivity contribution < 1.29 is 4.74 Å². The van der Waals surface area contributed by atoms with Crippen LogP contribution in [0.4, 0.5) is 5.69 Å². The zero-order chi connectivity index (χ0) is 15.7. The second-order valence-corrected chi connectivity index (χ2v) is 5.95. The first-order valence-electron chi connectivity index (χ1n) is 8.01. The van der Waals surface area contributed by atoms with Gasteiger partial charge in [0.15, 0.2) is 0 Å². The highest BCUT2D eigenvalue weighted by Gasteiger charge is 2.11. The first kappa shape index (κ1) is 17.9. The molecule has 0 spiro atoms. The summed E-state index contributed by atoms with van der Waals surface area (Å²) in [6.07, 6.45) is 3.12. The summed E-state index contributed by atoms with van der Waals surface area (Å²) in [6, 6.07) is 4.60. The van der Waals surface area contributed by atoms with Gasteiger partial charge in [0.1, 0.15) is 0 Å². The van der Waals surface area contributed by atoms with E-state index in [1.54, 1.807) is 7.11 Å². The summed E-state index contributed by atoms with van der Waals surface area (Å²) in [4.78, 5) is 6.97. The molecule has 0 amide bonds. The van der Waals surface area contributed by atoms with E-state index in [0.717, 1.165) is 38.4 Å². The van der Waals surface area contributed by atoms with Crippen LogP contribution in [0.5, 0.6) is 0 Å². The van der Waals surface area contributed by atoms with Crippen molar-refractivity contribution in [1.29, 1.82) is 0 Å². The Morgan fingerprint density at radius 3 is 2.57 bits per heavy atom. The van der Waals surface area contributed by atoms with E-state index in [1.165, 1.54) is 5.69 Å². The van der Waals surface area contributed by atoms with Crippen molar-refractivity contribution in [1.82, 2.24) is 10.3 Å². The lowest BCUT2D eigenvalue weighted by atomic mass is 10.1. The maximum absolute atomic E-state index is 5.21. The van der Waals surface area contributed by atoms with Crippen molar-refractivity contribution in [2.45, 2.75) is 40.2 Å². The first-order chi connectivity index (χ1) is 10.1. The van der Waals surface area contributed by atoms with Crippen molar-refractivity contribution in [2.24, 2.45) is 5.92 Å². The Kier molecular flexibility index (Phi) is 8.31. The fourth-order valence-electron chi connectivity index (χ4n) is 2.27. The molecular formula is C17H31N3O. The summed E-state index contributed by atoms with van der Waals surface area (Å²) in [5.74, 6) is 0.617. The Morgan fingerprint density at radius 2 is 2.05 bits per heavy atom. The molecule has 1 rings (SSSR count). The molecule has 0 saturated heterocycles. The Labute approximate surface area is 129 Å². The molecule has 120 valence electrons. The maximum atomic E-state index is 5.21. The number of ether oxygens (including phenoxy) is 1. The molecule has 1 atom stereocenters. The van der Waals surface area contributed by atoms with Crippen LogP contribution in [-0.2, 0) is 4.74 Å². The predicted octanol–water partition coefficient (Wildman–Crippen LogP) is 3.25. The summed E-state index contributed by atoms with van der Waals surface area (Å²) >= 11 is 0. The van der Waals surface area contributed by atoms with Gasteiger partial charge in [-0.3, -0.25) is 4.98 Å². The third-order valence-electron chi connectivity index (χ3n) is 3.43. The molecule has 4 heteroatoms. The van der Waals surface area contributed by atoms with Crippen molar-refractivity contribution in [2.75, 3.05) is 38.3 Å². The number of rotatable bonds is 10. The van der Waals surface area contributed by atoms with Gasteiger partial charge in [0.2, 0.25) is 0 Å². The molecular weight excluding hydrogens is 262 g/mol. The molecule has 1 aromatic rings. The smallest absolute Gasteiger partial charge is 0.0637 e. The standard InChI is InChI=1S/C17H31N3O/c1-6-9-18-15(4)17-8-7-16(12-19-17)20(10-11-21-5)13-14(2)3/h7-8,12,14-15,18H,6,9-11,13H2,1-5H3. The van der Waals surface area contributed by atoms with E-state index in [2.05, 4.69) is 55.0 Å². The average Bonchev–Trinajstić information content (AvgIpc) is 2.49. The molecule has 0 bridgehead atoms. The van der Waals surface area contributed by atoms with Gasteiger partial charge in [-0.2, -0.15) is 0 Å². The maximum Gasteiger partial charge on any atom is 0.0637 e. The molecule has 21 heavy (non-hydrogen) atoms. The van der Waals surface area contributed by atoms with Crippen LogP contribution in [0.15, 0.2) is 18.3 Å². The van der Waals surface area contributed by atoms with Crippen molar-refractivity contribution in [3.63, 3.8) is 0 Å². The fourth-order valence-corrected chi connectivity index (χ4v) is 2.27. The SMILES string of the molecule is CCCNC(C)c1ccc(N(CCOC)CC(C)C)cn1. The Bertz CT molecular complexity index is 378. The molecule has 1 aromatic heterocycles. The third-order valence-corrected chi connectivity index (χ3v) is 3.43. The fraction of sp³-hybridized carbons (Fsp3) is 0.706. The number of aromatic nitrogens is 1. The minimum absolute atomic E-state index is 0.302. The average molecular weight is 293 g/mol. The summed E-state index contributed by atoms with van der Waals surface area (Å²) in [7, 11) is 1.75. The summed E-state index contributed by atoms with van der Waals surface area (Å²) in [5.41, 5.74) is 2.27. The monoisotopic (exact) mass is 293 g/mol. The molecule has 0 saturated carbocycles. The van der Waals surface area contributed by atoms with E-state index < -0.39 is 0 Å². The molecule has 1 unspecified atom stereocenters. The van der Waals surface area contributed by atoms with Crippen LogP contribution in [0.25, 0.3) is 0 Å². The van der Waals surface area contributed by atoms with Gasteiger partial charge in [0.25, 0.3) is 0 Å². The lowest BCUT2D eigenvalue weighted by Gasteiger charge is -2.26. The molecule has 0 aliphatic carbocycles. The zero-order valence-electron chi connectivity index (χ0n) is 14.2. The molecule has 4 nitrogen and oxygen atoms in total. The van der Waals surface area contributed by atoms with Crippen molar-refractivity contribution >= 4 is 5.69 Å². The quantitative estimate of drug-likeness (QED) is 0.718. The van der Waals surface area contributed by atoms with Crippen LogP contribution in [0.1, 0.15) is 45.9 Å². The molecule has 0 aliphatic rings. The van der Waals surface area contributed by atoms with E-state index in [0.29, 0.717) is 12.0 Å². The number of anilines is 1. The minimum Gasteiger partial charge on any atom is -0.383 e. The molecule has 0 aliphatic heterocycles. The molecule has 0 aromatic carbocycles. The van der Waals surface area contributed by atoms with Crippen LogP contribution in [0, 0.1) is 5.92 Å². The number of nitrogens with one attached hydrogen (secondary N) is 1. The largest absolute Gasteiger partial charge is 0.383 e. The van der Waals surface area contributed by atoms with E-state index in [9.17, 15) is 0 Å². The van der Waals surface area contributed by atoms with Gasteiger partial charge >= 0.3 is 0 Å². The summed E-state index contributed by atoms with van der Waals surface area (Å²) in [5, 5.41) is 3.47. The molecule has 1 heterocycles. The number of nitrogens with zero attached hydrogens (tertiary/aromatic N) is 2. The van der Waals surface area contributed by atoms with Crippen LogP contribution in [0.3, 0.4) is 0 Å². The van der Waals surface area contributed by atoms with Gasteiger partial charge < -0.3 is 15.0 Å². The summed E-state index contributed by atoms with van der Waals surface area (Å²) < 4.78 is 5.21. The summed E-state index contributed by atoms with van der Waals surface area (Å²) in [6.45, 7) is 12.5. The first-order valence-corrected chi connectivity index (χ1v) is 8.01. The van der Waals surface area contributed by atoms with Gasteiger partial charge in [-0.15, -0.1) is 0 Å². The normalized spacial score (nSPS) is 12.7. The Balaban J connectivity index is 2.71. The van der Waals surface area contributed by atoms with Gasteiger partial charge in [-0.25, -0.2) is 0 Å².